The van der Waals surface area contributed by atoms with Gasteiger partial charge >= 0.3 is 0 Å². The molecule has 1 aromatic rings. The number of hydrogen-bond donors (Lipinski definition) is 1. The Morgan fingerprint density at radius 1 is 1.33 bits per heavy atom. The molecule has 0 aliphatic carbocycles. The molecule has 0 aromatic heterocycles. The van der Waals surface area contributed by atoms with Gasteiger partial charge in [0, 0.05) is 19.8 Å². The summed E-state index contributed by atoms with van der Waals surface area (Å²) in [4.78, 5) is 0. The summed E-state index contributed by atoms with van der Waals surface area (Å²) in [5, 5.41) is 3.49. The van der Waals surface area contributed by atoms with E-state index in [0.717, 1.165) is 19.6 Å². The van der Waals surface area contributed by atoms with Crippen molar-refractivity contribution in [2.24, 2.45) is 0 Å². The molecule has 15 heavy (non-hydrogen) atoms. The molecule has 1 aromatic carbocycles. The first kappa shape index (κ1) is 12.2. The summed E-state index contributed by atoms with van der Waals surface area (Å²) in [7, 11) is 1.74. The molecule has 0 unspecified atom stereocenters. The largest absolute Gasteiger partial charge is 0.385 e. The second-order valence-corrected chi connectivity index (χ2v) is 3.88. The first-order valence-corrected chi connectivity index (χ1v) is 5.53. The van der Waals surface area contributed by atoms with E-state index in [0.29, 0.717) is 6.04 Å². The van der Waals surface area contributed by atoms with Crippen LogP contribution in [0.2, 0.25) is 0 Å². The first-order valence-electron chi connectivity index (χ1n) is 5.53. The third kappa shape index (κ3) is 4.02. The number of benzene rings is 1. The highest BCUT2D eigenvalue weighted by molar-refractivity contribution is 5.28. The molecular weight excluding hydrogens is 186 g/mol. The molecule has 0 saturated heterocycles. The first-order chi connectivity index (χ1) is 7.25. The van der Waals surface area contributed by atoms with Crippen LogP contribution < -0.4 is 5.32 Å². The van der Waals surface area contributed by atoms with Crippen LogP contribution >= 0.6 is 0 Å². The van der Waals surface area contributed by atoms with Crippen LogP contribution in [0.25, 0.3) is 0 Å². The van der Waals surface area contributed by atoms with Gasteiger partial charge in [-0.1, -0.05) is 24.3 Å². The summed E-state index contributed by atoms with van der Waals surface area (Å²) in [5.41, 5.74) is 2.74. The van der Waals surface area contributed by atoms with Crippen LogP contribution in [0, 0.1) is 6.92 Å². The van der Waals surface area contributed by atoms with Gasteiger partial charge in [-0.3, -0.25) is 0 Å². The second-order valence-electron chi connectivity index (χ2n) is 3.88. The maximum atomic E-state index is 5.01. The summed E-state index contributed by atoms with van der Waals surface area (Å²) in [5.74, 6) is 0. The average molecular weight is 207 g/mol. The van der Waals surface area contributed by atoms with Gasteiger partial charge < -0.3 is 10.1 Å². The topological polar surface area (TPSA) is 21.3 Å². The van der Waals surface area contributed by atoms with Crippen LogP contribution in [-0.4, -0.2) is 20.3 Å². The fourth-order valence-corrected chi connectivity index (χ4v) is 1.72. The Kier molecular flexibility index (Phi) is 5.37. The zero-order valence-corrected chi connectivity index (χ0v) is 9.92. The number of hydrogen-bond acceptors (Lipinski definition) is 2. The Hall–Kier alpha value is -0.860. The normalized spacial score (nSPS) is 12.7. The van der Waals surface area contributed by atoms with E-state index >= 15 is 0 Å². The monoisotopic (exact) mass is 207 g/mol. The molecule has 1 atom stereocenters. The van der Waals surface area contributed by atoms with E-state index in [2.05, 4.69) is 43.4 Å². The van der Waals surface area contributed by atoms with Gasteiger partial charge in [-0.25, -0.2) is 0 Å². The lowest BCUT2D eigenvalue weighted by molar-refractivity contribution is 0.193. The van der Waals surface area contributed by atoms with Crippen molar-refractivity contribution in [2.75, 3.05) is 20.3 Å². The van der Waals surface area contributed by atoms with E-state index in [1.807, 2.05) is 0 Å². The van der Waals surface area contributed by atoms with E-state index in [9.17, 15) is 0 Å². The minimum atomic E-state index is 0.419. The molecule has 2 heteroatoms. The molecule has 0 saturated carbocycles. The van der Waals surface area contributed by atoms with Crippen LogP contribution in [0.3, 0.4) is 0 Å². The third-order valence-electron chi connectivity index (χ3n) is 2.63. The fraction of sp³-hybridized carbons (Fsp3) is 0.538. The fourth-order valence-electron chi connectivity index (χ4n) is 1.72. The molecule has 1 N–H and O–H groups in total. The second kappa shape index (κ2) is 6.59. The molecule has 0 aliphatic heterocycles. The highest BCUT2D eigenvalue weighted by Crippen LogP contribution is 2.16. The number of ether oxygens (including phenoxy) is 1. The smallest absolute Gasteiger partial charge is 0.0474 e. The van der Waals surface area contributed by atoms with Gasteiger partial charge in [-0.2, -0.15) is 0 Å². The van der Waals surface area contributed by atoms with Crippen molar-refractivity contribution in [3.63, 3.8) is 0 Å². The van der Waals surface area contributed by atoms with Gasteiger partial charge in [0.25, 0.3) is 0 Å². The van der Waals surface area contributed by atoms with Crippen LogP contribution in [-0.2, 0) is 4.74 Å². The zero-order valence-electron chi connectivity index (χ0n) is 9.92. The lowest BCUT2D eigenvalue weighted by atomic mass is 10.0. The van der Waals surface area contributed by atoms with Crippen LogP contribution in [0.1, 0.15) is 30.5 Å². The molecule has 0 bridgehead atoms. The Morgan fingerprint density at radius 2 is 2.07 bits per heavy atom. The van der Waals surface area contributed by atoms with Gasteiger partial charge in [-0.05, 0) is 37.9 Å². The third-order valence-corrected chi connectivity index (χ3v) is 2.63. The SMILES string of the molecule is COCCCN[C@@H](C)c1ccccc1C. The molecule has 0 spiro atoms. The van der Waals surface area contributed by atoms with Crippen molar-refractivity contribution in [1.29, 1.82) is 0 Å². The predicted molar refractivity (Wildman–Crippen MR) is 64.1 cm³/mol. The van der Waals surface area contributed by atoms with Gasteiger partial charge in [-0.15, -0.1) is 0 Å². The van der Waals surface area contributed by atoms with E-state index in [-0.39, 0.29) is 0 Å². The van der Waals surface area contributed by atoms with Crippen molar-refractivity contribution in [2.45, 2.75) is 26.3 Å². The molecule has 0 aliphatic rings. The summed E-state index contributed by atoms with van der Waals surface area (Å²) in [6, 6.07) is 8.93. The number of aryl methyl sites for hydroxylation is 1. The Morgan fingerprint density at radius 3 is 2.73 bits per heavy atom. The van der Waals surface area contributed by atoms with E-state index in [1.165, 1.54) is 11.1 Å². The molecule has 2 nitrogen and oxygen atoms in total. The Balaban J connectivity index is 2.40. The standard InChI is InChI=1S/C13H21NO/c1-11-7-4-5-8-13(11)12(2)14-9-6-10-15-3/h4-5,7-8,12,14H,6,9-10H2,1-3H3/t12-/m0/s1. The van der Waals surface area contributed by atoms with Gasteiger partial charge in [0.1, 0.15) is 0 Å². The lowest BCUT2D eigenvalue weighted by Gasteiger charge is -2.16. The average Bonchev–Trinajstić information content (AvgIpc) is 2.25. The van der Waals surface area contributed by atoms with Crippen molar-refractivity contribution >= 4 is 0 Å². The maximum Gasteiger partial charge on any atom is 0.0474 e. The molecule has 84 valence electrons. The van der Waals surface area contributed by atoms with Crippen molar-refractivity contribution in [3.05, 3.63) is 35.4 Å². The summed E-state index contributed by atoms with van der Waals surface area (Å²) < 4.78 is 5.01. The summed E-state index contributed by atoms with van der Waals surface area (Å²) in [6.45, 7) is 6.19. The number of methoxy groups -OCH3 is 1. The van der Waals surface area contributed by atoms with E-state index in [4.69, 9.17) is 4.74 Å². The Labute approximate surface area is 92.6 Å². The minimum absolute atomic E-state index is 0.419. The highest BCUT2D eigenvalue weighted by atomic mass is 16.5. The van der Waals surface area contributed by atoms with E-state index in [1.54, 1.807) is 7.11 Å². The van der Waals surface area contributed by atoms with Gasteiger partial charge in [0.05, 0.1) is 0 Å². The van der Waals surface area contributed by atoms with Crippen molar-refractivity contribution in [1.82, 2.24) is 5.32 Å². The Bertz CT molecular complexity index is 286. The molecule has 0 fully saturated rings. The minimum Gasteiger partial charge on any atom is -0.385 e. The van der Waals surface area contributed by atoms with Gasteiger partial charge in [0.15, 0.2) is 0 Å². The lowest BCUT2D eigenvalue weighted by Crippen LogP contribution is -2.21. The van der Waals surface area contributed by atoms with Crippen LogP contribution in [0.5, 0.6) is 0 Å². The van der Waals surface area contributed by atoms with Crippen LogP contribution in [0.15, 0.2) is 24.3 Å². The zero-order chi connectivity index (χ0) is 11.1. The molecule has 1 rings (SSSR count). The number of nitrogens with one attached hydrogen (secondary N) is 1. The van der Waals surface area contributed by atoms with Gasteiger partial charge in [0.2, 0.25) is 0 Å². The highest BCUT2D eigenvalue weighted by Gasteiger charge is 2.05. The van der Waals surface area contributed by atoms with Crippen LogP contribution in [0.4, 0.5) is 0 Å². The molecular formula is C13H21NO. The predicted octanol–water partition coefficient (Wildman–Crippen LogP) is 2.68. The van der Waals surface area contributed by atoms with Crippen molar-refractivity contribution < 1.29 is 4.74 Å². The summed E-state index contributed by atoms with van der Waals surface area (Å²) in [6.07, 6.45) is 1.06. The number of rotatable bonds is 6. The maximum absolute atomic E-state index is 5.01. The quantitative estimate of drug-likeness (QED) is 0.724. The summed E-state index contributed by atoms with van der Waals surface area (Å²) >= 11 is 0. The van der Waals surface area contributed by atoms with Crippen molar-refractivity contribution in [3.8, 4) is 0 Å². The van der Waals surface area contributed by atoms with E-state index < -0.39 is 0 Å². The molecule has 0 heterocycles. The molecule has 0 amide bonds. The molecule has 0 radical (unpaired) electrons.